The zero-order valence-electron chi connectivity index (χ0n) is 15.0. The fourth-order valence-corrected chi connectivity index (χ4v) is 2.21. The van der Waals surface area contributed by atoms with Crippen molar-refractivity contribution in [2.75, 3.05) is 33.5 Å². The normalized spacial score (nSPS) is 15.5. The zero-order valence-corrected chi connectivity index (χ0v) is 15.8. The summed E-state index contributed by atoms with van der Waals surface area (Å²) in [5, 5.41) is -1.63. The van der Waals surface area contributed by atoms with Crippen molar-refractivity contribution in [3.05, 3.63) is 0 Å². The molecule has 2 unspecified atom stereocenters. The van der Waals surface area contributed by atoms with Crippen LogP contribution in [-0.4, -0.2) is 45.1 Å². The Labute approximate surface area is 144 Å². The van der Waals surface area contributed by atoms with Crippen LogP contribution in [0.5, 0.6) is 0 Å². The highest BCUT2D eigenvalue weighted by Gasteiger charge is 2.36. The maximum absolute atomic E-state index is 13.4. The predicted octanol–water partition coefficient (Wildman–Crippen LogP) is 4.65. The van der Waals surface area contributed by atoms with Crippen molar-refractivity contribution in [3.8, 4) is 0 Å². The van der Waals surface area contributed by atoms with Crippen molar-refractivity contribution in [2.24, 2.45) is 0 Å². The topological polar surface area (TPSA) is 46.2 Å². The lowest BCUT2D eigenvalue weighted by atomic mass is 10.2. The highest BCUT2D eigenvalue weighted by Crippen LogP contribution is 2.32. The lowest BCUT2D eigenvalue weighted by molar-refractivity contribution is -0.319. The first-order valence-corrected chi connectivity index (χ1v) is 9.25. The van der Waals surface area contributed by atoms with Crippen LogP contribution in [0.25, 0.3) is 0 Å². The Kier molecular flexibility index (Phi) is 15.7. The second-order valence-electron chi connectivity index (χ2n) is 5.09. The fraction of sp³-hybridized carbons (Fsp3) is 1.00. The maximum Gasteiger partial charge on any atom is 0.368 e. The predicted molar refractivity (Wildman–Crippen MR) is 90.8 cm³/mol. The Balaban J connectivity index is 4.15. The number of methoxy groups -OCH3 is 1. The molecule has 140 valence electrons. The first-order valence-electron chi connectivity index (χ1n) is 8.53. The standard InChI is InChI=1S/C16H33FO5S/c1-5-8-13-21-16(23-17,20-12-6-2)22-14-10-9-11-15(18-4)19-7-3/h15H,5-14H2,1-4H3. The van der Waals surface area contributed by atoms with Crippen LogP contribution in [0.1, 0.15) is 59.3 Å². The number of rotatable bonds is 17. The van der Waals surface area contributed by atoms with Gasteiger partial charge in [-0.2, -0.15) is 3.89 Å². The Morgan fingerprint density at radius 3 is 2.09 bits per heavy atom. The molecule has 0 radical (unpaired) electrons. The van der Waals surface area contributed by atoms with Crippen LogP contribution in [0.2, 0.25) is 0 Å². The summed E-state index contributed by atoms with van der Waals surface area (Å²) in [6.07, 6.45) is 4.76. The summed E-state index contributed by atoms with van der Waals surface area (Å²) in [6.45, 7) is 7.71. The molecule has 0 aliphatic rings. The van der Waals surface area contributed by atoms with Crippen molar-refractivity contribution in [1.82, 2.24) is 0 Å². The third kappa shape index (κ3) is 11.3. The highest BCUT2D eigenvalue weighted by molar-refractivity contribution is 7.95. The monoisotopic (exact) mass is 356 g/mol. The average Bonchev–Trinajstić information content (AvgIpc) is 2.58. The quantitative estimate of drug-likeness (QED) is 0.279. The molecule has 23 heavy (non-hydrogen) atoms. The minimum atomic E-state index is -1.63. The summed E-state index contributed by atoms with van der Waals surface area (Å²) in [4.78, 5) is 0. The molecule has 7 heteroatoms. The van der Waals surface area contributed by atoms with Crippen LogP contribution < -0.4 is 0 Å². The lowest BCUT2D eigenvalue weighted by Crippen LogP contribution is -2.36. The summed E-state index contributed by atoms with van der Waals surface area (Å²) in [5.74, 6) is 0. The van der Waals surface area contributed by atoms with Crippen LogP contribution in [-0.2, 0) is 23.7 Å². The average molecular weight is 356 g/mol. The van der Waals surface area contributed by atoms with E-state index in [0.717, 1.165) is 38.5 Å². The van der Waals surface area contributed by atoms with E-state index in [4.69, 9.17) is 23.7 Å². The lowest BCUT2D eigenvalue weighted by Gasteiger charge is -2.29. The van der Waals surface area contributed by atoms with Crippen molar-refractivity contribution in [2.45, 2.75) is 70.9 Å². The molecule has 5 nitrogen and oxygen atoms in total. The third-order valence-electron chi connectivity index (χ3n) is 3.08. The molecule has 2 atom stereocenters. The van der Waals surface area contributed by atoms with Gasteiger partial charge in [-0.15, -0.1) is 0 Å². The molecular weight excluding hydrogens is 323 g/mol. The molecule has 0 aromatic carbocycles. The van der Waals surface area contributed by atoms with E-state index >= 15 is 0 Å². The van der Waals surface area contributed by atoms with E-state index in [9.17, 15) is 3.89 Å². The second-order valence-corrected chi connectivity index (χ2v) is 5.75. The molecule has 0 amide bonds. The summed E-state index contributed by atoms with van der Waals surface area (Å²) in [7, 11) is 1.63. The number of hydrogen-bond donors (Lipinski definition) is 0. The Morgan fingerprint density at radius 1 is 0.913 bits per heavy atom. The number of ether oxygens (including phenoxy) is 5. The minimum absolute atomic E-state index is 0.0313. The fourth-order valence-electron chi connectivity index (χ4n) is 1.83. The van der Waals surface area contributed by atoms with E-state index in [-0.39, 0.29) is 18.4 Å². The van der Waals surface area contributed by atoms with Crippen molar-refractivity contribution < 1.29 is 27.6 Å². The van der Waals surface area contributed by atoms with Gasteiger partial charge in [-0.05, 0) is 39.0 Å². The van der Waals surface area contributed by atoms with Crippen LogP contribution in [0, 0.1) is 0 Å². The molecule has 0 aliphatic heterocycles. The van der Waals surface area contributed by atoms with Crippen LogP contribution >= 0.6 is 12.1 Å². The minimum Gasteiger partial charge on any atom is -0.356 e. The molecule has 0 spiro atoms. The second kappa shape index (κ2) is 15.6. The number of halogens is 1. The van der Waals surface area contributed by atoms with Crippen molar-refractivity contribution in [1.29, 1.82) is 0 Å². The Hall–Kier alpha value is 0.0800. The van der Waals surface area contributed by atoms with E-state index in [2.05, 4.69) is 0 Å². The van der Waals surface area contributed by atoms with Crippen LogP contribution in [0.4, 0.5) is 3.89 Å². The molecule has 0 saturated heterocycles. The smallest absolute Gasteiger partial charge is 0.356 e. The van der Waals surface area contributed by atoms with Gasteiger partial charge in [0.2, 0.25) is 0 Å². The maximum atomic E-state index is 13.4. The van der Waals surface area contributed by atoms with Gasteiger partial charge in [0.05, 0.1) is 19.8 Å². The molecule has 0 rings (SSSR count). The summed E-state index contributed by atoms with van der Waals surface area (Å²) < 4.78 is 40.5. The van der Waals surface area contributed by atoms with Gasteiger partial charge in [-0.1, -0.05) is 20.3 Å². The molecular formula is C16H33FO5S. The molecule has 0 bridgehead atoms. The zero-order chi connectivity index (χ0) is 17.4. The van der Waals surface area contributed by atoms with Gasteiger partial charge in [-0.3, -0.25) is 0 Å². The summed E-state index contributed by atoms with van der Waals surface area (Å²) >= 11 is -0.0313. The molecule has 0 N–H and O–H groups in total. The first-order chi connectivity index (χ1) is 11.2. The van der Waals surface area contributed by atoms with Gasteiger partial charge in [0.15, 0.2) is 6.29 Å². The molecule has 0 saturated carbocycles. The molecule has 0 heterocycles. The van der Waals surface area contributed by atoms with Gasteiger partial charge in [0.1, 0.15) is 12.1 Å². The molecule has 0 aromatic heterocycles. The third-order valence-corrected chi connectivity index (χ3v) is 3.63. The SMILES string of the molecule is CCCCOC(OCCC)(OCCCCC(OC)OCC)SF. The largest absolute Gasteiger partial charge is 0.368 e. The van der Waals surface area contributed by atoms with E-state index in [1.165, 1.54) is 0 Å². The van der Waals surface area contributed by atoms with Crippen LogP contribution in [0.15, 0.2) is 0 Å². The van der Waals surface area contributed by atoms with E-state index < -0.39 is 5.31 Å². The van der Waals surface area contributed by atoms with E-state index in [1.807, 2.05) is 20.8 Å². The van der Waals surface area contributed by atoms with Crippen molar-refractivity contribution in [3.63, 3.8) is 0 Å². The molecule has 0 aliphatic carbocycles. The van der Waals surface area contributed by atoms with Crippen molar-refractivity contribution >= 4 is 12.1 Å². The van der Waals surface area contributed by atoms with Gasteiger partial charge < -0.3 is 23.7 Å². The van der Waals surface area contributed by atoms with E-state index in [1.54, 1.807) is 7.11 Å². The van der Waals surface area contributed by atoms with E-state index in [0.29, 0.717) is 26.4 Å². The van der Waals surface area contributed by atoms with Gasteiger partial charge in [0, 0.05) is 13.7 Å². The highest BCUT2D eigenvalue weighted by atomic mass is 32.2. The molecule has 0 aromatic rings. The Morgan fingerprint density at radius 2 is 1.57 bits per heavy atom. The summed E-state index contributed by atoms with van der Waals surface area (Å²) in [6, 6.07) is 0. The van der Waals surface area contributed by atoms with Gasteiger partial charge >= 0.3 is 5.31 Å². The van der Waals surface area contributed by atoms with Gasteiger partial charge in [-0.25, -0.2) is 0 Å². The van der Waals surface area contributed by atoms with Crippen LogP contribution in [0.3, 0.4) is 0 Å². The Bertz CT molecular complexity index is 261. The summed E-state index contributed by atoms with van der Waals surface area (Å²) in [5.41, 5.74) is 0. The first kappa shape index (κ1) is 23.1. The van der Waals surface area contributed by atoms with Gasteiger partial charge in [0.25, 0.3) is 0 Å². The number of hydrogen-bond acceptors (Lipinski definition) is 6. The number of unbranched alkanes of at least 4 members (excludes halogenated alkanes) is 2. The molecule has 0 fully saturated rings.